The van der Waals surface area contributed by atoms with Crippen LogP contribution in [0, 0.1) is 0 Å². The van der Waals surface area contributed by atoms with Crippen molar-refractivity contribution in [3.05, 3.63) is 70.8 Å². The van der Waals surface area contributed by atoms with Crippen LogP contribution < -0.4 is 21.3 Å². The third kappa shape index (κ3) is 12.5. The van der Waals surface area contributed by atoms with Crippen LogP contribution in [0.15, 0.2) is 48.5 Å². The molecule has 244 valence electrons. The summed E-state index contributed by atoms with van der Waals surface area (Å²) < 4.78 is 0. The van der Waals surface area contributed by atoms with E-state index in [0.717, 1.165) is 131 Å². The van der Waals surface area contributed by atoms with Crippen LogP contribution >= 0.6 is 0 Å². The smallest absolute Gasteiger partial charge is 0.0234 e. The molecule has 0 spiro atoms. The second-order valence-electron chi connectivity index (χ2n) is 13.2. The first-order valence-corrected chi connectivity index (χ1v) is 17.7. The van der Waals surface area contributed by atoms with Crippen LogP contribution in [0.5, 0.6) is 0 Å². The Morgan fingerprint density at radius 1 is 0.341 bits per heavy atom. The van der Waals surface area contributed by atoms with Gasteiger partial charge >= 0.3 is 0 Å². The lowest BCUT2D eigenvalue weighted by atomic mass is 10.1. The van der Waals surface area contributed by atoms with Crippen molar-refractivity contribution in [2.45, 2.75) is 51.9 Å². The van der Waals surface area contributed by atoms with Crippen molar-refractivity contribution in [1.82, 2.24) is 40.9 Å². The van der Waals surface area contributed by atoms with Gasteiger partial charge in [-0.05, 0) is 100 Å². The Morgan fingerprint density at radius 2 is 0.614 bits per heavy atom. The molecule has 6 aliphatic rings. The SMILES string of the molecule is c1cc2cc(c1)CN1CCCNCCN(CCCNCC1)Cc1cccc(c1)CN1CCCNCCN(CCCNCC1)C2. The minimum absolute atomic E-state index is 1.03. The summed E-state index contributed by atoms with van der Waals surface area (Å²) in [7, 11) is 0. The lowest BCUT2D eigenvalue weighted by Gasteiger charge is -2.27. The van der Waals surface area contributed by atoms with E-state index in [1.54, 1.807) is 0 Å². The summed E-state index contributed by atoms with van der Waals surface area (Å²) >= 11 is 0. The van der Waals surface area contributed by atoms with Gasteiger partial charge in [0.25, 0.3) is 0 Å². The lowest BCUT2D eigenvalue weighted by Crippen LogP contribution is -2.38. The summed E-state index contributed by atoms with van der Waals surface area (Å²) in [4.78, 5) is 10.6. The zero-order valence-electron chi connectivity index (χ0n) is 27.4. The Morgan fingerprint density at radius 3 is 0.886 bits per heavy atom. The molecule has 44 heavy (non-hydrogen) atoms. The molecule has 2 saturated heterocycles. The van der Waals surface area contributed by atoms with Gasteiger partial charge in [0, 0.05) is 78.5 Å². The Hall–Kier alpha value is -1.88. The summed E-state index contributed by atoms with van der Waals surface area (Å²) in [5.74, 6) is 0. The van der Waals surface area contributed by atoms with Gasteiger partial charge in [0.05, 0.1) is 0 Å². The van der Waals surface area contributed by atoms with E-state index in [-0.39, 0.29) is 0 Å². The molecule has 2 aromatic rings. The van der Waals surface area contributed by atoms with E-state index in [2.05, 4.69) is 89.4 Å². The van der Waals surface area contributed by atoms with Crippen molar-refractivity contribution in [2.24, 2.45) is 0 Å². The fourth-order valence-electron chi connectivity index (χ4n) is 6.92. The molecule has 2 aromatic carbocycles. The average Bonchev–Trinajstić information content (AvgIpc) is 3.02. The van der Waals surface area contributed by atoms with Gasteiger partial charge in [-0.3, -0.25) is 19.6 Å². The van der Waals surface area contributed by atoms with Crippen molar-refractivity contribution < 1.29 is 0 Å². The van der Waals surface area contributed by atoms with Crippen molar-refractivity contribution in [3.8, 4) is 0 Å². The number of rotatable bonds is 0. The van der Waals surface area contributed by atoms with Crippen LogP contribution in [-0.2, 0) is 26.2 Å². The molecular formula is C36H60N8. The minimum Gasteiger partial charge on any atom is -0.315 e. The molecule has 0 saturated carbocycles. The van der Waals surface area contributed by atoms with E-state index < -0.39 is 0 Å². The molecule has 0 aliphatic carbocycles. The van der Waals surface area contributed by atoms with Gasteiger partial charge in [-0.2, -0.15) is 0 Å². The number of nitrogens with one attached hydrogen (secondary N) is 4. The second kappa shape index (κ2) is 19.6. The Kier molecular flexibility index (Phi) is 14.9. The molecule has 0 aromatic heterocycles. The lowest BCUT2D eigenvalue weighted by molar-refractivity contribution is 0.237. The van der Waals surface area contributed by atoms with Gasteiger partial charge in [0.1, 0.15) is 0 Å². The molecule has 0 amide bonds. The minimum atomic E-state index is 1.03. The summed E-state index contributed by atoms with van der Waals surface area (Å²) in [6.07, 6.45) is 4.75. The third-order valence-electron chi connectivity index (χ3n) is 9.34. The highest BCUT2D eigenvalue weighted by atomic mass is 15.2. The Bertz CT molecular complexity index is 874. The molecule has 0 radical (unpaired) electrons. The molecule has 8 bridgehead atoms. The normalized spacial score (nSPS) is 28.2. The van der Waals surface area contributed by atoms with E-state index in [1.165, 1.54) is 47.9 Å². The quantitative estimate of drug-likeness (QED) is 0.366. The fourth-order valence-corrected chi connectivity index (χ4v) is 6.92. The first kappa shape index (κ1) is 33.5. The van der Waals surface area contributed by atoms with E-state index in [4.69, 9.17) is 0 Å². The number of hydrogen-bond acceptors (Lipinski definition) is 8. The number of hydrogen-bond donors (Lipinski definition) is 4. The molecule has 8 heteroatoms. The largest absolute Gasteiger partial charge is 0.315 e. The highest BCUT2D eigenvalue weighted by Crippen LogP contribution is 2.14. The summed E-state index contributed by atoms with van der Waals surface area (Å²) in [6.45, 7) is 21.6. The highest BCUT2D eigenvalue weighted by Gasteiger charge is 2.13. The van der Waals surface area contributed by atoms with Gasteiger partial charge < -0.3 is 21.3 Å². The molecule has 6 heterocycles. The highest BCUT2D eigenvalue weighted by molar-refractivity contribution is 5.24. The van der Waals surface area contributed by atoms with Crippen LogP contribution in [0.25, 0.3) is 0 Å². The average molecular weight is 605 g/mol. The van der Waals surface area contributed by atoms with E-state index in [1.807, 2.05) is 0 Å². The molecule has 8 rings (SSSR count). The maximum atomic E-state index is 3.76. The molecule has 2 fully saturated rings. The topological polar surface area (TPSA) is 61.1 Å². The van der Waals surface area contributed by atoms with Crippen LogP contribution in [0.4, 0.5) is 0 Å². The predicted molar refractivity (Wildman–Crippen MR) is 184 cm³/mol. The summed E-state index contributed by atoms with van der Waals surface area (Å²) in [5.41, 5.74) is 5.79. The molecular weight excluding hydrogens is 544 g/mol. The van der Waals surface area contributed by atoms with Crippen molar-refractivity contribution in [3.63, 3.8) is 0 Å². The van der Waals surface area contributed by atoms with Gasteiger partial charge in [-0.15, -0.1) is 0 Å². The standard InChI is InChI=1S/C36H60N8/c1-7-33-27-34(8-1)30-42-20-4-12-40-18-26-44(22-6-14-38-16-24-42)32-36-10-2-9-35(28-36)31-43-21-5-13-37-15-23-41(29-33)19-3-11-39-17-25-43/h1-2,7-10,27-28,37-40H,3-6,11-26,29-32H2. The molecule has 4 N–H and O–H groups in total. The van der Waals surface area contributed by atoms with Crippen molar-refractivity contribution in [2.75, 3.05) is 105 Å². The first-order valence-electron chi connectivity index (χ1n) is 17.7. The zero-order chi connectivity index (χ0) is 30.1. The Balaban J connectivity index is 1.34. The van der Waals surface area contributed by atoms with E-state index in [9.17, 15) is 0 Å². The molecule has 6 aliphatic heterocycles. The number of nitrogens with zero attached hydrogens (tertiary/aromatic N) is 4. The number of benzene rings is 2. The fraction of sp³-hybridized carbons (Fsp3) is 0.667. The molecule has 4 atom stereocenters. The maximum Gasteiger partial charge on any atom is 0.0234 e. The first-order chi connectivity index (χ1) is 21.8. The second-order valence-corrected chi connectivity index (χ2v) is 13.2. The van der Waals surface area contributed by atoms with E-state index >= 15 is 0 Å². The van der Waals surface area contributed by atoms with Gasteiger partial charge in [0.15, 0.2) is 0 Å². The van der Waals surface area contributed by atoms with Crippen LogP contribution in [0.3, 0.4) is 0 Å². The maximum absolute atomic E-state index is 3.76. The van der Waals surface area contributed by atoms with Crippen molar-refractivity contribution >= 4 is 0 Å². The van der Waals surface area contributed by atoms with E-state index in [0.29, 0.717) is 0 Å². The van der Waals surface area contributed by atoms with Crippen LogP contribution in [0.2, 0.25) is 0 Å². The summed E-state index contributed by atoms with van der Waals surface area (Å²) in [6, 6.07) is 18.8. The van der Waals surface area contributed by atoms with Gasteiger partial charge in [0.2, 0.25) is 0 Å². The van der Waals surface area contributed by atoms with Crippen LogP contribution in [-0.4, -0.2) is 124 Å². The summed E-state index contributed by atoms with van der Waals surface area (Å²) in [5, 5.41) is 15.1. The third-order valence-corrected chi connectivity index (χ3v) is 9.34. The molecule has 8 nitrogen and oxygen atoms in total. The Labute approximate surface area is 267 Å². The van der Waals surface area contributed by atoms with Gasteiger partial charge in [-0.25, -0.2) is 0 Å². The predicted octanol–water partition coefficient (Wildman–Crippen LogP) is 2.55. The van der Waals surface area contributed by atoms with Crippen molar-refractivity contribution in [1.29, 1.82) is 0 Å². The zero-order valence-corrected chi connectivity index (χ0v) is 27.4. The van der Waals surface area contributed by atoms with Crippen LogP contribution in [0.1, 0.15) is 47.9 Å². The monoisotopic (exact) mass is 604 g/mol. The molecule has 4 unspecified atom stereocenters. The van der Waals surface area contributed by atoms with Gasteiger partial charge in [-0.1, -0.05) is 48.5 Å².